The molecule has 20 heavy (non-hydrogen) atoms. The minimum Gasteiger partial charge on any atom is -0.507 e. The summed E-state index contributed by atoms with van der Waals surface area (Å²) in [7, 11) is 0. The number of hydrogen-bond donors (Lipinski definition) is 2. The predicted molar refractivity (Wildman–Crippen MR) is 78.4 cm³/mol. The Morgan fingerprint density at radius 1 is 1.10 bits per heavy atom. The average Bonchev–Trinajstić information content (AvgIpc) is 2.39. The summed E-state index contributed by atoms with van der Waals surface area (Å²) < 4.78 is 0. The van der Waals surface area contributed by atoms with Gasteiger partial charge in [0.2, 0.25) is 0 Å². The normalized spacial score (nSPS) is 11.3. The van der Waals surface area contributed by atoms with Crippen LogP contribution >= 0.6 is 0 Å². The number of aromatic hydroxyl groups is 1. The van der Waals surface area contributed by atoms with Gasteiger partial charge in [-0.15, -0.1) is 0 Å². The molecule has 0 heterocycles. The number of hydrogen-bond acceptors (Lipinski definition) is 2. The lowest BCUT2D eigenvalue weighted by atomic mass is 9.75. The molecule has 104 valence electrons. The number of rotatable bonds is 3. The maximum atomic E-state index is 11.2. The van der Waals surface area contributed by atoms with Crippen LogP contribution in [0.4, 0.5) is 0 Å². The number of phenols is 1. The fourth-order valence-corrected chi connectivity index (χ4v) is 2.55. The van der Waals surface area contributed by atoms with E-state index in [9.17, 15) is 9.90 Å². The first-order valence-electron chi connectivity index (χ1n) is 6.47. The summed E-state index contributed by atoms with van der Waals surface area (Å²) in [5.41, 5.74) is 2.49. The van der Waals surface area contributed by atoms with E-state index in [4.69, 9.17) is 5.11 Å². The van der Waals surface area contributed by atoms with Gasteiger partial charge in [0, 0.05) is 5.41 Å². The molecule has 0 saturated heterocycles. The maximum absolute atomic E-state index is 11.2. The van der Waals surface area contributed by atoms with Crippen LogP contribution in [0.25, 0.3) is 0 Å². The highest BCUT2D eigenvalue weighted by molar-refractivity contribution is 5.91. The van der Waals surface area contributed by atoms with Gasteiger partial charge < -0.3 is 10.2 Å². The third-order valence-corrected chi connectivity index (χ3v) is 3.74. The summed E-state index contributed by atoms with van der Waals surface area (Å²) in [4.78, 5) is 11.2. The van der Waals surface area contributed by atoms with Crippen LogP contribution < -0.4 is 0 Å². The summed E-state index contributed by atoms with van der Waals surface area (Å²) >= 11 is 0. The first-order valence-corrected chi connectivity index (χ1v) is 6.47. The van der Waals surface area contributed by atoms with E-state index in [1.807, 2.05) is 51.1 Å². The van der Waals surface area contributed by atoms with Crippen LogP contribution in [0.1, 0.15) is 40.9 Å². The smallest absolute Gasteiger partial charge is 0.339 e. The van der Waals surface area contributed by atoms with Crippen LogP contribution in [0.5, 0.6) is 5.75 Å². The lowest BCUT2D eigenvalue weighted by Gasteiger charge is -2.28. The fraction of sp³-hybridized carbons (Fsp3) is 0.235. The lowest BCUT2D eigenvalue weighted by molar-refractivity contribution is 0.0693. The van der Waals surface area contributed by atoms with Crippen LogP contribution in [0, 0.1) is 6.92 Å². The van der Waals surface area contributed by atoms with E-state index in [1.54, 1.807) is 6.07 Å². The third kappa shape index (κ3) is 2.39. The standard InChI is InChI=1S/C17H18O3/c1-11-9-15(18)13(16(19)20)10-14(11)17(2,3)12-7-5-4-6-8-12/h4-10,18H,1-3H3,(H,19,20). The van der Waals surface area contributed by atoms with Crippen molar-refractivity contribution in [3.8, 4) is 5.75 Å². The van der Waals surface area contributed by atoms with Crippen LogP contribution in [0.2, 0.25) is 0 Å². The quantitative estimate of drug-likeness (QED) is 0.893. The van der Waals surface area contributed by atoms with E-state index in [-0.39, 0.29) is 16.7 Å². The summed E-state index contributed by atoms with van der Waals surface area (Å²) in [6.07, 6.45) is 0. The van der Waals surface area contributed by atoms with Gasteiger partial charge in [0.05, 0.1) is 0 Å². The number of aromatic carboxylic acids is 1. The van der Waals surface area contributed by atoms with E-state index in [0.29, 0.717) is 0 Å². The van der Waals surface area contributed by atoms with Crippen molar-refractivity contribution in [2.75, 3.05) is 0 Å². The van der Waals surface area contributed by atoms with Crippen molar-refractivity contribution < 1.29 is 15.0 Å². The molecule has 2 N–H and O–H groups in total. The molecule has 0 radical (unpaired) electrons. The molecule has 0 amide bonds. The molecule has 2 aromatic carbocycles. The summed E-state index contributed by atoms with van der Waals surface area (Å²) in [5.74, 6) is -1.31. The average molecular weight is 270 g/mol. The Morgan fingerprint density at radius 3 is 2.25 bits per heavy atom. The summed E-state index contributed by atoms with van der Waals surface area (Å²) in [6, 6.07) is 13.0. The van der Waals surface area contributed by atoms with E-state index in [2.05, 4.69) is 0 Å². The third-order valence-electron chi connectivity index (χ3n) is 3.74. The molecule has 0 saturated carbocycles. The molecule has 0 bridgehead atoms. The summed E-state index contributed by atoms with van der Waals surface area (Å²) in [6.45, 7) is 5.98. The number of aryl methyl sites for hydroxylation is 1. The number of carboxylic acids is 1. The van der Waals surface area contributed by atoms with Gasteiger partial charge in [-0.1, -0.05) is 44.2 Å². The van der Waals surface area contributed by atoms with Crippen molar-refractivity contribution in [1.82, 2.24) is 0 Å². The highest BCUT2D eigenvalue weighted by Gasteiger charge is 2.27. The van der Waals surface area contributed by atoms with E-state index >= 15 is 0 Å². The second-order valence-electron chi connectivity index (χ2n) is 5.48. The van der Waals surface area contributed by atoms with Gasteiger partial charge in [0.15, 0.2) is 0 Å². The van der Waals surface area contributed by atoms with Crippen molar-refractivity contribution in [3.05, 3.63) is 64.7 Å². The Bertz CT molecular complexity index is 643. The Morgan fingerprint density at radius 2 is 1.70 bits per heavy atom. The minimum atomic E-state index is -1.12. The van der Waals surface area contributed by atoms with Crippen molar-refractivity contribution in [1.29, 1.82) is 0 Å². The Kier molecular flexibility index (Phi) is 3.53. The fourth-order valence-electron chi connectivity index (χ4n) is 2.55. The van der Waals surface area contributed by atoms with Gasteiger partial charge in [-0.25, -0.2) is 4.79 Å². The first kappa shape index (κ1) is 14.1. The zero-order valence-electron chi connectivity index (χ0n) is 11.8. The Balaban J connectivity index is 2.63. The van der Waals surface area contributed by atoms with Crippen molar-refractivity contribution in [2.24, 2.45) is 0 Å². The molecule has 2 aromatic rings. The second kappa shape index (κ2) is 5.00. The molecule has 0 aromatic heterocycles. The molecule has 0 fully saturated rings. The molecular formula is C17H18O3. The zero-order valence-corrected chi connectivity index (χ0v) is 11.8. The molecular weight excluding hydrogens is 252 g/mol. The largest absolute Gasteiger partial charge is 0.507 e. The highest BCUT2D eigenvalue weighted by atomic mass is 16.4. The Hall–Kier alpha value is -2.29. The van der Waals surface area contributed by atoms with Gasteiger partial charge in [0.25, 0.3) is 0 Å². The van der Waals surface area contributed by atoms with Gasteiger partial charge in [-0.3, -0.25) is 0 Å². The zero-order chi connectivity index (χ0) is 14.9. The van der Waals surface area contributed by atoms with Crippen LogP contribution in [-0.2, 0) is 5.41 Å². The summed E-state index contributed by atoms with van der Waals surface area (Å²) in [5, 5.41) is 18.9. The molecule has 3 nitrogen and oxygen atoms in total. The first-order chi connectivity index (χ1) is 9.34. The van der Waals surface area contributed by atoms with Gasteiger partial charge in [0.1, 0.15) is 11.3 Å². The van der Waals surface area contributed by atoms with Gasteiger partial charge in [-0.05, 0) is 35.7 Å². The molecule has 0 aliphatic heterocycles. The van der Waals surface area contributed by atoms with Crippen molar-refractivity contribution in [3.63, 3.8) is 0 Å². The molecule has 2 rings (SSSR count). The predicted octanol–water partition coefficient (Wildman–Crippen LogP) is 3.72. The van der Waals surface area contributed by atoms with E-state index in [0.717, 1.165) is 16.7 Å². The van der Waals surface area contributed by atoms with Crippen LogP contribution in [0.3, 0.4) is 0 Å². The van der Waals surface area contributed by atoms with Gasteiger partial charge in [-0.2, -0.15) is 0 Å². The number of benzene rings is 2. The van der Waals surface area contributed by atoms with Crippen molar-refractivity contribution in [2.45, 2.75) is 26.2 Å². The van der Waals surface area contributed by atoms with E-state index < -0.39 is 5.97 Å². The second-order valence-corrected chi connectivity index (χ2v) is 5.48. The molecule has 0 aliphatic rings. The van der Waals surface area contributed by atoms with Gasteiger partial charge >= 0.3 is 5.97 Å². The molecule has 0 unspecified atom stereocenters. The topological polar surface area (TPSA) is 57.5 Å². The van der Waals surface area contributed by atoms with Crippen LogP contribution in [-0.4, -0.2) is 16.2 Å². The molecule has 0 spiro atoms. The molecule has 0 atom stereocenters. The minimum absolute atomic E-state index is 0.0605. The number of carbonyl (C=O) groups is 1. The molecule has 0 aliphatic carbocycles. The Labute approximate surface area is 118 Å². The van der Waals surface area contributed by atoms with Crippen LogP contribution in [0.15, 0.2) is 42.5 Å². The monoisotopic (exact) mass is 270 g/mol. The highest BCUT2D eigenvalue weighted by Crippen LogP contribution is 2.36. The van der Waals surface area contributed by atoms with E-state index in [1.165, 1.54) is 6.07 Å². The molecule has 3 heteroatoms. The SMILES string of the molecule is Cc1cc(O)c(C(=O)O)cc1C(C)(C)c1ccccc1. The lowest BCUT2D eigenvalue weighted by Crippen LogP contribution is -2.21. The maximum Gasteiger partial charge on any atom is 0.339 e. The van der Waals surface area contributed by atoms with Crippen molar-refractivity contribution >= 4 is 5.97 Å². The number of carboxylic acid groups (broad SMARTS) is 1.